The van der Waals surface area contributed by atoms with E-state index in [9.17, 15) is 4.79 Å². The molecule has 0 atom stereocenters. The maximum Gasteiger partial charge on any atom is 0.341 e. The number of carbonyl (C=O) groups is 1. The zero-order valence-electron chi connectivity index (χ0n) is 14.1. The van der Waals surface area contributed by atoms with Crippen LogP contribution in [0.3, 0.4) is 0 Å². The van der Waals surface area contributed by atoms with Crippen molar-refractivity contribution in [1.82, 2.24) is 0 Å². The number of esters is 1. The topological polar surface area (TPSA) is 50.4 Å². The lowest BCUT2D eigenvalue weighted by Gasteiger charge is -2.14. The Kier molecular flexibility index (Phi) is 5.76. The van der Waals surface area contributed by atoms with Gasteiger partial charge in [0.1, 0.15) is 5.00 Å². The molecule has 1 aromatic heterocycles. The fraction of sp³-hybridized carbons (Fsp3) is 0.333. The van der Waals surface area contributed by atoms with Crippen molar-refractivity contribution in [3.8, 4) is 0 Å². The molecule has 7 heteroatoms. The smallest absolute Gasteiger partial charge is 0.341 e. The number of fused-ring (bicyclic) bond motifs is 1. The van der Waals surface area contributed by atoms with E-state index in [1.54, 1.807) is 11.3 Å². The lowest BCUT2D eigenvalue weighted by molar-refractivity contribution is 0.0601. The van der Waals surface area contributed by atoms with Crippen LogP contribution in [0.15, 0.2) is 22.7 Å². The van der Waals surface area contributed by atoms with Crippen molar-refractivity contribution in [1.29, 1.82) is 0 Å². The van der Waals surface area contributed by atoms with Gasteiger partial charge in [0.05, 0.1) is 12.7 Å². The number of hydrogen-bond acceptors (Lipinski definition) is 4. The summed E-state index contributed by atoms with van der Waals surface area (Å²) in [6.07, 6.45) is 3.92. The summed E-state index contributed by atoms with van der Waals surface area (Å²) in [5.74, 6) is -0.303. The van der Waals surface area contributed by atoms with Crippen LogP contribution in [0.5, 0.6) is 0 Å². The van der Waals surface area contributed by atoms with Gasteiger partial charge in [0.2, 0.25) is 0 Å². The van der Waals surface area contributed by atoms with Gasteiger partial charge in [-0.3, -0.25) is 0 Å². The van der Waals surface area contributed by atoms with E-state index in [0.29, 0.717) is 10.7 Å². The molecule has 2 N–H and O–H groups in total. The van der Waals surface area contributed by atoms with Gasteiger partial charge in [-0.2, -0.15) is 0 Å². The number of anilines is 2. The second-order valence-electron chi connectivity index (χ2n) is 5.79. The molecule has 1 heterocycles. The lowest BCUT2D eigenvalue weighted by atomic mass is 10.1. The Morgan fingerprint density at radius 3 is 2.88 bits per heavy atom. The molecule has 2 aromatic rings. The van der Waals surface area contributed by atoms with E-state index in [-0.39, 0.29) is 5.97 Å². The highest BCUT2D eigenvalue weighted by atomic mass is 79.9. The zero-order valence-corrected chi connectivity index (χ0v) is 17.3. The van der Waals surface area contributed by atoms with Gasteiger partial charge in [0, 0.05) is 15.0 Å². The van der Waals surface area contributed by atoms with Crippen LogP contribution in [-0.2, 0) is 24.0 Å². The molecule has 0 bridgehead atoms. The minimum atomic E-state index is -0.303. The third-order valence-electron chi connectivity index (χ3n) is 4.23. The highest BCUT2D eigenvalue weighted by Crippen LogP contribution is 2.39. The molecule has 0 saturated heterocycles. The second kappa shape index (κ2) is 7.85. The first kappa shape index (κ1) is 18.4. The van der Waals surface area contributed by atoms with E-state index in [1.165, 1.54) is 17.6 Å². The van der Waals surface area contributed by atoms with E-state index in [1.807, 2.05) is 12.1 Å². The van der Waals surface area contributed by atoms with Crippen LogP contribution < -0.4 is 10.6 Å². The van der Waals surface area contributed by atoms with Crippen molar-refractivity contribution in [3.63, 3.8) is 0 Å². The highest BCUT2D eigenvalue weighted by molar-refractivity contribution is 9.10. The highest BCUT2D eigenvalue weighted by Gasteiger charge is 2.27. The molecule has 0 radical (unpaired) electrons. The van der Waals surface area contributed by atoms with Crippen LogP contribution in [0.4, 0.5) is 10.7 Å². The third-order valence-corrected chi connectivity index (χ3v) is 6.14. The Morgan fingerprint density at radius 2 is 2.16 bits per heavy atom. The molecular formula is C18H19BrN2O2S2. The fourth-order valence-corrected chi connectivity index (χ4v) is 5.01. The second-order valence-corrected chi connectivity index (χ2v) is 8.22. The quantitative estimate of drug-likeness (QED) is 0.509. The molecule has 0 fully saturated rings. The normalized spacial score (nSPS) is 12.6. The van der Waals surface area contributed by atoms with Crippen molar-refractivity contribution in [2.45, 2.75) is 32.6 Å². The largest absolute Gasteiger partial charge is 0.465 e. The summed E-state index contributed by atoms with van der Waals surface area (Å²) in [4.78, 5) is 13.5. The average Bonchev–Trinajstić information content (AvgIpc) is 3.16. The Morgan fingerprint density at radius 1 is 1.36 bits per heavy atom. The SMILES string of the molecule is CCc1cc(Br)ccc1NC(=S)Nc1sc2c(c1C(=O)OC)CCC2. The number of ether oxygens (including phenoxy) is 1. The minimum absolute atomic E-state index is 0.303. The molecule has 4 nitrogen and oxygen atoms in total. The number of carbonyl (C=O) groups excluding carboxylic acids is 1. The zero-order chi connectivity index (χ0) is 18.0. The standard InChI is InChI=1S/C18H19BrN2O2S2/c1-3-10-9-11(19)7-8-13(10)20-18(24)21-16-15(17(22)23-2)12-5-4-6-14(12)25-16/h7-9H,3-6H2,1-2H3,(H2,20,21,24). The van der Waals surface area contributed by atoms with E-state index in [0.717, 1.165) is 46.4 Å². The molecule has 132 valence electrons. The van der Waals surface area contributed by atoms with Gasteiger partial charge in [-0.15, -0.1) is 11.3 Å². The summed E-state index contributed by atoms with van der Waals surface area (Å²) in [7, 11) is 1.41. The lowest BCUT2D eigenvalue weighted by Crippen LogP contribution is -2.21. The first-order valence-electron chi connectivity index (χ1n) is 8.12. The summed E-state index contributed by atoms with van der Waals surface area (Å²) >= 11 is 10.6. The van der Waals surface area contributed by atoms with E-state index in [4.69, 9.17) is 17.0 Å². The Hall–Kier alpha value is -1.44. The molecule has 0 unspecified atom stereocenters. The molecule has 0 amide bonds. The number of halogens is 1. The van der Waals surface area contributed by atoms with Crippen molar-refractivity contribution in [3.05, 3.63) is 44.2 Å². The summed E-state index contributed by atoms with van der Waals surface area (Å²) in [5.41, 5.74) is 3.88. The van der Waals surface area contributed by atoms with Gasteiger partial charge < -0.3 is 15.4 Å². The summed E-state index contributed by atoms with van der Waals surface area (Å²) < 4.78 is 6.01. The number of hydrogen-bond donors (Lipinski definition) is 2. The number of rotatable bonds is 4. The van der Waals surface area contributed by atoms with Crippen LogP contribution in [0.25, 0.3) is 0 Å². The number of aryl methyl sites for hydroxylation is 2. The van der Waals surface area contributed by atoms with Gasteiger partial charge in [-0.25, -0.2) is 4.79 Å². The van der Waals surface area contributed by atoms with Gasteiger partial charge in [-0.1, -0.05) is 22.9 Å². The average molecular weight is 439 g/mol. The minimum Gasteiger partial charge on any atom is -0.465 e. The number of thiocarbonyl (C=S) groups is 1. The fourth-order valence-electron chi connectivity index (χ4n) is 3.04. The summed E-state index contributed by atoms with van der Waals surface area (Å²) in [6, 6.07) is 6.04. The molecule has 25 heavy (non-hydrogen) atoms. The van der Waals surface area contributed by atoms with Crippen LogP contribution >= 0.6 is 39.5 Å². The number of thiophene rings is 1. The molecule has 1 aliphatic rings. The van der Waals surface area contributed by atoms with E-state index >= 15 is 0 Å². The van der Waals surface area contributed by atoms with Crippen molar-refractivity contribution in [2.24, 2.45) is 0 Å². The predicted octanol–water partition coefficient (Wildman–Crippen LogP) is 5.16. The van der Waals surface area contributed by atoms with Gasteiger partial charge in [0.25, 0.3) is 0 Å². The Bertz CT molecular complexity index is 833. The Labute approximate surface area is 165 Å². The van der Waals surface area contributed by atoms with Crippen LogP contribution in [0.2, 0.25) is 0 Å². The van der Waals surface area contributed by atoms with Gasteiger partial charge in [0.15, 0.2) is 5.11 Å². The molecule has 0 saturated carbocycles. The van der Waals surface area contributed by atoms with Gasteiger partial charge >= 0.3 is 5.97 Å². The summed E-state index contributed by atoms with van der Waals surface area (Å²) in [5, 5.41) is 7.68. The monoisotopic (exact) mass is 438 g/mol. The number of benzene rings is 1. The molecule has 1 aliphatic carbocycles. The van der Waals surface area contributed by atoms with Crippen LogP contribution in [-0.4, -0.2) is 18.2 Å². The van der Waals surface area contributed by atoms with Crippen LogP contribution in [0, 0.1) is 0 Å². The van der Waals surface area contributed by atoms with E-state index < -0.39 is 0 Å². The van der Waals surface area contributed by atoms with Gasteiger partial charge in [-0.05, 0) is 67.2 Å². The maximum absolute atomic E-state index is 12.2. The van der Waals surface area contributed by atoms with Crippen molar-refractivity contribution in [2.75, 3.05) is 17.7 Å². The first-order valence-corrected chi connectivity index (χ1v) is 10.1. The molecule has 1 aromatic carbocycles. The van der Waals surface area contributed by atoms with Crippen LogP contribution in [0.1, 0.15) is 39.7 Å². The maximum atomic E-state index is 12.2. The number of nitrogens with one attached hydrogen (secondary N) is 2. The molecular weight excluding hydrogens is 420 g/mol. The first-order chi connectivity index (χ1) is 12.0. The van der Waals surface area contributed by atoms with E-state index in [2.05, 4.69) is 39.6 Å². The molecule has 0 aliphatic heterocycles. The van der Waals surface area contributed by atoms with Crippen molar-refractivity contribution < 1.29 is 9.53 Å². The Balaban J connectivity index is 1.81. The third kappa shape index (κ3) is 3.88. The molecule has 0 spiro atoms. The number of methoxy groups -OCH3 is 1. The van der Waals surface area contributed by atoms with Crippen molar-refractivity contribution >= 4 is 61.3 Å². The molecule has 3 rings (SSSR count). The summed E-state index contributed by atoms with van der Waals surface area (Å²) in [6.45, 7) is 2.10. The predicted molar refractivity (Wildman–Crippen MR) is 111 cm³/mol.